The Balaban J connectivity index is 2.05. The van der Waals surface area contributed by atoms with Crippen LogP contribution in [0.15, 0.2) is 0 Å². The third kappa shape index (κ3) is 3.57. The minimum Gasteiger partial charge on any atom is -0.368 e. The third-order valence-electron chi connectivity index (χ3n) is 3.86. The van der Waals surface area contributed by atoms with Gasteiger partial charge in [0.2, 0.25) is 11.8 Å². The molecule has 2 heterocycles. The van der Waals surface area contributed by atoms with Crippen molar-refractivity contribution in [3.8, 4) is 0 Å². The SMILES string of the molecule is Cc1nc(N)nc(NCC2CCN(C(C)C)C2)c1[N+](=O)[O-]. The van der Waals surface area contributed by atoms with Crippen molar-refractivity contribution in [3.63, 3.8) is 0 Å². The van der Waals surface area contributed by atoms with E-state index in [-0.39, 0.29) is 23.1 Å². The molecule has 1 fully saturated rings. The number of nitrogens with two attached hydrogens (primary N) is 1. The zero-order chi connectivity index (χ0) is 15.6. The van der Waals surface area contributed by atoms with Gasteiger partial charge in [-0.25, -0.2) is 4.98 Å². The fourth-order valence-corrected chi connectivity index (χ4v) is 2.67. The number of hydrogen-bond acceptors (Lipinski definition) is 7. The topological polar surface area (TPSA) is 110 Å². The van der Waals surface area contributed by atoms with E-state index in [9.17, 15) is 10.1 Å². The van der Waals surface area contributed by atoms with Gasteiger partial charge in [0, 0.05) is 19.1 Å². The Kier molecular flexibility index (Phi) is 4.56. The number of nitrogens with zero attached hydrogens (tertiary/aromatic N) is 4. The molecule has 2 rings (SSSR count). The molecule has 3 N–H and O–H groups in total. The van der Waals surface area contributed by atoms with Crippen molar-refractivity contribution in [1.82, 2.24) is 14.9 Å². The fourth-order valence-electron chi connectivity index (χ4n) is 2.67. The largest absolute Gasteiger partial charge is 0.368 e. The zero-order valence-corrected chi connectivity index (χ0v) is 12.7. The zero-order valence-electron chi connectivity index (χ0n) is 12.7. The van der Waals surface area contributed by atoms with E-state index in [1.165, 1.54) is 0 Å². The lowest BCUT2D eigenvalue weighted by atomic mass is 10.1. The molecule has 0 radical (unpaired) electrons. The van der Waals surface area contributed by atoms with Gasteiger partial charge in [-0.3, -0.25) is 10.1 Å². The van der Waals surface area contributed by atoms with Gasteiger partial charge in [-0.15, -0.1) is 0 Å². The smallest absolute Gasteiger partial charge is 0.332 e. The first-order chi connectivity index (χ1) is 9.88. The molecule has 0 bridgehead atoms. The molecule has 1 aliphatic rings. The van der Waals surface area contributed by atoms with Crippen LogP contribution in [0.1, 0.15) is 26.0 Å². The lowest BCUT2D eigenvalue weighted by Crippen LogP contribution is -2.29. The summed E-state index contributed by atoms with van der Waals surface area (Å²) >= 11 is 0. The average molecular weight is 294 g/mol. The molecule has 0 saturated carbocycles. The van der Waals surface area contributed by atoms with Crippen LogP contribution in [0, 0.1) is 23.0 Å². The Hall–Kier alpha value is -1.96. The van der Waals surface area contributed by atoms with Crippen LogP contribution >= 0.6 is 0 Å². The number of nitro groups is 1. The summed E-state index contributed by atoms with van der Waals surface area (Å²) in [5.74, 6) is 0.729. The van der Waals surface area contributed by atoms with Gasteiger partial charge in [-0.1, -0.05) is 0 Å². The van der Waals surface area contributed by atoms with Crippen molar-refractivity contribution in [2.45, 2.75) is 33.2 Å². The number of hydrogen-bond donors (Lipinski definition) is 2. The molecule has 1 aliphatic heterocycles. The number of aromatic nitrogens is 2. The quantitative estimate of drug-likeness (QED) is 0.624. The highest BCUT2D eigenvalue weighted by molar-refractivity contribution is 5.60. The van der Waals surface area contributed by atoms with Crippen molar-refractivity contribution in [3.05, 3.63) is 15.8 Å². The Labute approximate surface area is 123 Å². The van der Waals surface area contributed by atoms with Crippen molar-refractivity contribution >= 4 is 17.5 Å². The molecule has 0 amide bonds. The molecule has 0 spiro atoms. The number of anilines is 2. The summed E-state index contributed by atoms with van der Waals surface area (Å²) in [6, 6.07) is 0.529. The van der Waals surface area contributed by atoms with E-state index in [0.717, 1.165) is 19.5 Å². The average Bonchev–Trinajstić information content (AvgIpc) is 2.83. The fraction of sp³-hybridized carbons (Fsp3) is 0.692. The summed E-state index contributed by atoms with van der Waals surface area (Å²) in [4.78, 5) is 20.9. The maximum Gasteiger partial charge on any atom is 0.332 e. The minimum atomic E-state index is -0.466. The van der Waals surface area contributed by atoms with Crippen LogP contribution in [0.4, 0.5) is 17.5 Å². The second-order valence-corrected chi connectivity index (χ2v) is 5.75. The van der Waals surface area contributed by atoms with Crippen molar-refractivity contribution < 1.29 is 4.92 Å². The lowest BCUT2D eigenvalue weighted by molar-refractivity contribution is -0.385. The van der Waals surface area contributed by atoms with E-state index in [2.05, 4.69) is 34.0 Å². The first-order valence-electron chi connectivity index (χ1n) is 7.15. The van der Waals surface area contributed by atoms with Crippen LogP contribution in [0.25, 0.3) is 0 Å². The predicted octanol–water partition coefficient (Wildman–Crippen LogP) is 1.42. The van der Waals surface area contributed by atoms with Gasteiger partial charge in [0.15, 0.2) is 0 Å². The highest BCUT2D eigenvalue weighted by Gasteiger charge is 2.26. The number of nitrogens with one attached hydrogen (secondary N) is 1. The molecular weight excluding hydrogens is 272 g/mol. The van der Waals surface area contributed by atoms with Crippen LogP contribution in [0.5, 0.6) is 0 Å². The molecule has 1 aromatic rings. The van der Waals surface area contributed by atoms with E-state index in [0.29, 0.717) is 18.5 Å². The van der Waals surface area contributed by atoms with Crippen LogP contribution < -0.4 is 11.1 Å². The first kappa shape index (κ1) is 15.4. The van der Waals surface area contributed by atoms with Crippen LogP contribution in [0.2, 0.25) is 0 Å². The molecule has 8 nitrogen and oxygen atoms in total. The summed E-state index contributed by atoms with van der Waals surface area (Å²) in [6.45, 7) is 8.64. The monoisotopic (exact) mass is 294 g/mol. The van der Waals surface area contributed by atoms with Gasteiger partial charge in [0.25, 0.3) is 0 Å². The molecule has 8 heteroatoms. The van der Waals surface area contributed by atoms with E-state index in [1.54, 1.807) is 6.92 Å². The van der Waals surface area contributed by atoms with Gasteiger partial charge in [0.1, 0.15) is 5.69 Å². The first-order valence-corrected chi connectivity index (χ1v) is 7.15. The number of aryl methyl sites for hydroxylation is 1. The maximum atomic E-state index is 11.1. The standard InChI is InChI=1S/C13H22N6O2/c1-8(2)18-5-4-10(7-18)6-15-12-11(19(20)21)9(3)16-13(14)17-12/h8,10H,4-7H2,1-3H3,(H3,14,15,16,17). The normalized spacial score (nSPS) is 19.1. The van der Waals surface area contributed by atoms with Crippen molar-refractivity contribution in [2.24, 2.45) is 5.92 Å². The summed E-state index contributed by atoms with van der Waals surface area (Å²) < 4.78 is 0. The maximum absolute atomic E-state index is 11.1. The van der Waals surface area contributed by atoms with Gasteiger partial charge >= 0.3 is 5.69 Å². The molecule has 1 aromatic heterocycles. The second kappa shape index (κ2) is 6.21. The Morgan fingerprint density at radius 2 is 2.24 bits per heavy atom. The summed E-state index contributed by atoms with van der Waals surface area (Å²) in [5, 5.41) is 14.2. The lowest BCUT2D eigenvalue weighted by Gasteiger charge is -2.20. The Morgan fingerprint density at radius 1 is 1.52 bits per heavy atom. The molecular formula is C13H22N6O2. The minimum absolute atomic E-state index is 0.0517. The van der Waals surface area contributed by atoms with E-state index < -0.39 is 4.92 Å². The van der Waals surface area contributed by atoms with Gasteiger partial charge < -0.3 is 16.0 Å². The van der Waals surface area contributed by atoms with Crippen LogP contribution in [-0.2, 0) is 0 Å². The molecule has 1 unspecified atom stereocenters. The summed E-state index contributed by atoms with van der Waals surface area (Å²) in [6.07, 6.45) is 1.08. The van der Waals surface area contributed by atoms with Crippen molar-refractivity contribution in [2.75, 3.05) is 30.7 Å². The second-order valence-electron chi connectivity index (χ2n) is 5.75. The van der Waals surface area contributed by atoms with Crippen LogP contribution in [-0.4, -0.2) is 45.5 Å². The van der Waals surface area contributed by atoms with E-state index >= 15 is 0 Å². The van der Waals surface area contributed by atoms with Gasteiger partial charge in [0.05, 0.1) is 4.92 Å². The van der Waals surface area contributed by atoms with Crippen molar-refractivity contribution in [1.29, 1.82) is 0 Å². The van der Waals surface area contributed by atoms with E-state index in [1.807, 2.05) is 0 Å². The molecule has 0 aliphatic carbocycles. The summed E-state index contributed by atoms with van der Waals surface area (Å²) in [5.41, 5.74) is 5.77. The van der Waals surface area contributed by atoms with Crippen LogP contribution in [0.3, 0.4) is 0 Å². The molecule has 0 aromatic carbocycles. The molecule has 21 heavy (non-hydrogen) atoms. The molecule has 116 valence electrons. The highest BCUT2D eigenvalue weighted by Crippen LogP contribution is 2.27. The predicted molar refractivity (Wildman–Crippen MR) is 81.1 cm³/mol. The molecule has 1 saturated heterocycles. The number of rotatable bonds is 5. The number of nitrogen functional groups attached to an aromatic ring is 1. The Bertz CT molecular complexity index is 534. The third-order valence-corrected chi connectivity index (χ3v) is 3.86. The summed E-state index contributed by atoms with van der Waals surface area (Å²) in [7, 11) is 0. The van der Waals surface area contributed by atoms with E-state index in [4.69, 9.17) is 5.73 Å². The van der Waals surface area contributed by atoms with Gasteiger partial charge in [-0.2, -0.15) is 4.98 Å². The highest BCUT2D eigenvalue weighted by atomic mass is 16.6. The number of likely N-dealkylation sites (tertiary alicyclic amines) is 1. The molecule has 1 atom stereocenters. The Morgan fingerprint density at radius 3 is 2.81 bits per heavy atom. The van der Waals surface area contributed by atoms with Gasteiger partial charge in [-0.05, 0) is 39.7 Å².